The summed E-state index contributed by atoms with van der Waals surface area (Å²) in [5.74, 6) is -0.189. The maximum absolute atomic E-state index is 13.0. The highest BCUT2D eigenvalue weighted by Crippen LogP contribution is 2.37. The number of halogens is 1. The Labute approximate surface area is 184 Å². The van der Waals surface area contributed by atoms with Crippen molar-refractivity contribution in [3.8, 4) is 11.3 Å². The molecule has 1 aliphatic carbocycles. The first-order chi connectivity index (χ1) is 15.1. The summed E-state index contributed by atoms with van der Waals surface area (Å²) < 4.78 is 3.31. The molecular formula is C25H22ClN3O2. The van der Waals surface area contributed by atoms with Crippen molar-refractivity contribution in [1.29, 1.82) is 0 Å². The van der Waals surface area contributed by atoms with Crippen molar-refractivity contribution < 1.29 is 4.79 Å². The number of amides is 1. The number of nitrogens with one attached hydrogen (secondary N) is 1. The lowest BCUT2D eigenvalue weighted by atomic mass is 10.0. The van der Waals surface area contributed by atoms with E-state index in [2.05, 4.69) is 23.5 Å². The van der Waals surface area contributed by atoms with Crippen molar-refractivity contribution in [2.24, 2.45) is 0 Å². The molecule has 0 saturated heterocycles. The van der Waals surface area contributed by atoms with Crippen LogP contribution in [-0.4, -0.2) is 15.0 Å². The predicted molar refractivity (Wildman–Crippen MR) is 123 cm³/mol. The lowest BCUT2D eigenvalue weighted by Gasteiger charge is -2.08. The summed E-state index contributed by atoms with van der Waals surface area (Å²) >= 11 is 6.01. The van der Waals surface area contributed by atoms with Crippen LogP contribution >= 0.6 is 11.6 Å². The molecule has 0 bridgehead atoms. The van der Waals surface area contributed by atoms with Crippen LogP contribution in [0, 0.1) is 0 Å². The van der Waals surface area contributed by atoms with E-state index < -0.39 is 0 Å². The summed E-state index contributed by atoms with van der Waals surface area (Å²) in [6.45, 7) is 0.409. The Bertz CT molecular complexity index is 1310. The number of hydrogen-bond donors (Lipinski definition) is 1. The van der Waals surface area contributed by atoms with Crippen molar-refractivity contribution in [1.82, 2.24) is 14.5 Å². The van der Waals surface area contributed by atoms with E-state index >= 15 is 0 Å². The third-order valence-corrected chi connectivity index (χ3v) is 5.96. The molecule has 5 nitrogen and oxygen atoms in total. The Hall–Kier alpha value is -3.31. The minimum absolute atomic E-state index is 0.0100. The molecule has 0 spiro atoms. The van der Waals surface area contributed by atoms with E-state index in [0.717, 1.165) is 40.4 Å². The number of nitrogens with zero attached hydrogens (tertiary/aromatic N) is 2. The van der Waals surface area contributed by atoms with Crippen LogP contribution in [0.3, 0.4) is 0 Å². The fourth-order valence-electron chi connectivity index (χ4n) is 3.99. The molecule has 1 aliphatic rings. The first-order valence-corrected chi connectivity index (χ1v) is 10.8. The summed E-state index contributed by atoms with van der Waals surface area (Å²) in [7, 11) is 0. The molecule has 1 N–H and O–H groups in total. The van der Waals surface area contributed by atoms with Gasteiger partial charge in [-0.1, -0.05) is 66.2 Å². The Morgan fingerprint density at radius 3 is 2.52 bits per heavy atom. The quantitative estimate of drug-likeness (QED) is 0.478. The average molecular weight is 432 g/mol. The zero-order valence-electron chi connectivity index (χ0n) is 16.9. The fraction of sp³-hybridized carbons (Fsp3) is 0.200. The number of fused-ring (bicyclic) bond motifs is 1. The second-order valence-electron chi connectivity index (χ2n) is 7.95. The second kappa shape index (κ2) is 8.08. The van der Waals surface area contributed by atoms with Gasteiger partial charge in [-0.15, -0.1) is 0 Å². The Morgan fingerprint density at radius 1 is 1.00 bits per heavy atom. The molecule has 0 radical (unpaired) electrons. The van der Waals surface area contributed by atoms with Gasteiger partial charge in [-0.25, -0.2) is 4.79 Å². The molecule has 1 saturated carbocycles. The average Bonchev–Trinajstić information content (AvgIpc) is 3.57. The maximum atomic E-state index is 13.0. The lowest BCUT2D eigenvalue weighted by molar-refractivity contribution is -0.121. The van der Waals surface area contributed by atoms with E-state index in [1.165, 1.54) is 4.57 Å². The van der Waals surface area contributed by atoms with Gasteiger partial charge in [0.1, 0.15) is 6.54 Å². The fourth-order valence-corrected chi connectivity index (χ4v) is 4.12. The Kier molecular flexibility index (Phi) is 5.12. The standard InChI is InChI=1S/C25H22ClN3O2/c26-20-10-8-18(9-11-20)23-15-28(25(31)29(23)21-12-13-21)16-24(30)27-14-19-6-3-5-17-4-1-2-7-22(17)19/h1-11,15,21H,12-14,16H2,(H,27,30). The van der Waals surface area contributed by atoms with Crippen LogP contribution in [0.1, 0.15) is 24.4 Å². The van der Waals surface area contributed by atoms with E-state index in [9.17, 15) is 9.59 Å². The smallest absolute Gasteiger partial charge is 0.329 e. The van der Waals surface area contributed by atoms with E-state index in [1.807, 2.05) is 48.5 Å². The van der Waals surface area contributed by atoms with E-state index in [0.29, 0.717) is 11.6 Å². The highest BCUT2D eigenvalue weighted by atomic mass is 35.5. The molecule has 31 heavy (non-hydrogen) atoms. The van der Waals surface area contributed by atoms with Crippen LogP contribution in [-0.2, 0) is 17.9 Å². The second-order valence-corrected chi connectivity index (χ2v) is 8.38. The molecule has 5 rings (SSSR count). The van der Waals surface area contributed by atoms with E-state index in [-0.39, 0.29) is 24.2 Å². The van der Waals surface area contributed by atoms with Gasteiger partial charge in [0.2, 0.25) is 5.91 Å². The number of benzene rings is 3. The van der Waals surface area contributed by atoms with Crippen molar-refractivity contribution in [3.63, 3.8) is 0 Å². The topological polar surface area (TPSA) is 56.0 Å². The summed E-state index contributed by atoms with van der Waals surface area (Å²) in [6.07, 6.45) is 3.75. The molecule has 3 aromatic carbocycles. The zero-order chi connectivity index (χ0) is 21.4. The maximum Gasteiger partial charge on any atom is 0.329 e. The number of carbonyl (C=O) groups is 1. The molecule has 4 aromatic rings. The van der Waals surface area contributed by atoms with Crippen LogP contribution in [0.25, 0.3) is 22.0 Å². The SMILES string of the molecule is O=C(Cn1cc(-c2ccc(Cl)cc2)n(C2CC2)c1=O)NCc1cccc2ccccc12. The molecule has 0 aliphatic heterocycles. The number of rotatable bonds is 6. The van der Waals surface area contributed by atoms with E-state index in [4.69, 9.17) is 11.6 Å². The molecule has 6 heteroatoms. The molecule has 1 amide bonds. The predicted octanol–water partition coefficient (Wildman–Crippen LogP) is 4.77. The van der Waals surface area contributed by atoms with Gasteiger partial charge in [-0.3, -0.25) is 13.9 Å². The van der Waals surface area contributed by atoms with Gasteiger partial charge in [-0.2, -0.15) is 0 Å². The highest BCUT2D eigenvalue weighted by Gasteiger charge is 2.29. The van der Waals surface area contributed by atoms with Gasteiger partial charge in [-0.05, 0) is 46.9 Å². The van der Waals surface area contributed by atoms with Crippen molar-refractivity contribution in [2.45, 2.75) is 32.0 Å². The minimum atomic E-state index is -0.189. The normalized spacial score (nSPS) is 13.5. The highest BCUT2D eigenvalue weighted by molar-refractivity contribution is 6.30. The molecule has 1 aromatic heterocycles. The number of hydrogen-bond acceptors (Lipinski definition) is 2. The van der Waals surface area contributed by atoms with Crippen LogP contribution in [0.2, 0.25) is 5.02 Å². The van der Waals surface area contributed by atoms with E-state index in [1.54, 1.807) is 10.8 Å². The van der Waals surface area contributed by atoms with Gasteiger partial charge < -0.3 is 5.32 Å². The van der Waals surface area contributed by atoms with Gasteiger partial charge in [0.15, 0.2) is 0 Å². The van der Waals surface area contributed by atoms with Crippen molar-refractivity contribution in [2.75, 3.05) is 0 Å². The van der Waals surface area contributed by atoms with Gasteiger partial charge >= 0.3 is 5.69 Å². The molecule has 1 fully saturated rings. The summed E-state index contributed by atoms with van der Waals surface area (Å²) in [5, 5.41) is 5.87. The number of carbonyl (C=O) groups excluding carboxylic acids is 1. The van der Waals surface area contributed by atoms with Crippen molar-refractivity contribution >= 4 is 28.3 Å². The number of aromatic nitrogens is 2. The van der Waals surface area contributed by atoms with Crippen LogP contribution in [0.4, 0.5) is 0 Å². The molecule has 0 unspecified atom stereocenters. The third-order valence-electron chi connectivity index (χ3n) is 5.71. The summed E-state index contributed by atoms with van der Waals surface area (Å²) in [5.41, 5.74) is 2.65. The van der Waals surface area contributed by atoms with Crippen LogP contribution in [0.5, 0.6) is 0 Å². The Morgan fingerprint density at radius 2 is 1.74 bits per heavy atom. The molecule has 156 valence electrons. The van der Waals surface area contributed by atoms with Crippen molar-refractivity contribution in [3.05, 3.63) is 94.0 Å². The molecule has 0 atom stereocenters. The van der Waals surface area contributed by atoms with Gasteiger partial charge in [0.05, 0.1) is 5.69 Å². The number of imidazole rings is 1. The van der Waals surface area contributed by atoms with Gasteiger partial charge in [0.25, 0.3) is 0 Å². The van der Waals surface area contributed by atoms with Gasteiger partial charge in [0, 0.05) is 23.8 Å². The summed E-state index contributed by atoms with van der Waals surface area (Å²) in [4.78, 5) is 25.7. The first kappa shape index (κ1) is 19.6. The third kappa shape index (κ3) is 4.01. The molecular weight excluding hydrogens is 410 g/mol. The zero-order valence-corrected chi connectivity index (χ0v) is 17.7. The summed E-state index contributed by atoms with van der Waals surface area (Å²) in [6, 6.07) is 21.8. The monoisotopic (exact) mass is 431 g/mol. The lowest BCUT2D eigenvalue weighted by Crippen LogP contribution is -2.32. The largest absolute Gasteiger partial charge is 0.350 e. The van der Waals surface area contributed by atoms with Crippen LogP contribution in [0.15, 0.2) is 77.7 Å². The first-order valence-electron chi connectivity index (χ1n) is 10.4. The minimum Gasteiger partial charge on any atom is -0.350 e. The molecule has 1 heterocycles. The van der Waals surface area contributed by atoms with Crippen LogP contribution < -0.4 is 11.0 Å². The Balaban J connectivity index is 1.36.